The van der Waals surface area contributed by atoms with Crippen LogP contribution in [0.2, 0.25) is 0 Å². The van der Waals surface area contributed by atoms with Crippen LogP contribution >= 0.6 is 0 Å². The minimum atomic E-state index is 0.0445. The Labute approximate surface area is 134 Å². The van der Waals surface area contributed by atoms with Crippen LogP contribution in [-0.2, 0) is 0 Å². The second-order valence-corrected chi connectivity index (χ2v) is 5.27. The van der Waals surface area contributed by atoms with Crippen LogP contribution < -0.4 is 16.8 Å². The molecule has 0 aliphatic rings. The number of aromatic hydroxyl groups is 1. The highest BCUT2D eigenvalue weighted by Gasteiger charge is 2.09. The van der Waals surface area contributed by atoms with Crippen LogP contribution in [0.15, 0.2) is 42.6 Å². The van der Waals surface area contributed by atoms with E-state index in [1.165, 1.54) is 0 Å². The zero-order chi connectivity index (χ0) is 16.2. The first-order valence-electron chi connectivity index (χ1n) is 7.47. The van der Waals surface area contributed by atoms with Crippen LogP contribution in [0.25, 0.3) is 22.2 Å². The largest absolute Gasteiger partial charge is 0.506 e. The van der Waals surface area contributed by atoms with Gasteiger partial charge in [-0.05, 0) is 43.3 Å². The Kier molecular flexibility index (Phi) is 4.25. The molecule has 23 heavy (non-hydrogen) atoms. The summed E-state index contributed by atoms with van der Waals surface area (Å²) in [6, 6.07) is 10.9. The number of nitrogens with two attached hydrogens (primary N) is 2. The van der Waals surface area contributed by atoms with E-state index < -0.39 is 0 Å². The predicted octanol–water partition coefficient (Wildman–Crippen LogP) is 2.35. The zero-order valence-electron chi connectivity index (χ0n) is 12.7. The molecule has 6 heteroatoms. The number of phenols is 1. The summed E-state index contributed by atoms with van der Waals surface area (Å²) in [5, 5.41) is 14.1. The maximum Gasteiger partial charge on any atom is 0.139 e. The van der Waals surface area contributed by atoms with Gasteiger partial charge in [0.15, 0.2) is 0 Å². The van der Waals surface area contributed by atoms with Gasteiger partial charge < -0.3 is 21.9 Å². The van der Waals surface area contributed by atoms with Crippen molar-refractivity contribution in [3.63, 3.8) is 0 Å². The number of benzene rings is 1. The molecule has 6 nitrogen and oxygen atoms in total. The van der Waals surface area contributed by atoms with E-state index in [2.05, 4.69) is 15.3 Å². The van der Waals surface area contributed by atoms with Crippen molar-refractivity contribution in [2.75, 3.05) is 24.1 Å². The summed E-state index contributed by atoms with van der Waals surface area (Å²) < 4.78 is 0. The van der Waals surface area contributed by atoms with Crippen molar-refractivity contribution in [2.45, 2.75) is 6.42 Å². The molecule has 2 aromatic heterocycles. The number of aromatic nitrogens is 2. The first-order valence-corrected chi connectivity index (χ1v) is 7.47. The van der Waals surface area contributed by atoms with E-state index in [0.29, 0.717) is 12.2 Å². The first kappa shape index (κ1) is 15.1. The van der Waals surface area contributed by atoms with Gasteiger partial charge in [0.2, 0.25) is 0 Å². The lowest BCUT2D eigenvalue weighted by molar-refractivity contribution is 0.478. The fourth-order valence-electron chi connectivity index (χ4n) is 2.37. The Morgan fingerprint density at radius 2 is 2.04 bits per heavy atom. The molecule has 0 aliphatic heterocycles. The van der Waals surface area contributed by atoms with E-state index in [9.17, 15) is 5.11 Å². The summed E-state index contributed by atoms with van der Waals surface area (Å²) in [5.74, 6) is 0.804. The van der Waals surface area contributed by atoms with Crippen LogP contribution in [0.1, 0.15) is 6.42 Å². The third kappa shape index (κ3) is 3.17. The second-order valence-electron chi connectivity index (χ2n) is 5.27. The lowest BCUT2D eigenvalue weighted by Crippen LogP contribution is -2.10. The van der Waals surface area contributed by atoms with Gasteiger partial charge in [0.1, 0.15) is 11.6 Å². The van der Waals surface area contributed by atoms with Crippen LogP contribution in [0.5, 0.6) is 5.75 Å². The lowest BCUT2D eigenvalue weighted by atomic mass is 10.1. The van der Waals surface area contributed by atoms with Gasteiger partial charge in [-0.1, -0.05) is 6.07 Å². The zero-order valence-corrected chi connectivity index (χ0v) is 12.7. The van der Waals surface area contributed by atoms with Gasteiger partial charge >= 0.3 is 0 Å². The van der Waals surface area contributed by atoms with Gasteiger partial charge in [-0.25, -0.2) is 4.98 Å². The quantitative estimate of drug-likeness (QED) is 0.327. The number of anilines is 2. The van der Waals surface area contributed by atoms with Crippen LogP contribution in [0, 0.1) is 0 Å². The molecule has 0 spiro atoms. The Bertz CT molecular complexity index is 834. The predicted molar refractivity (Wildman–Crippen MR) is 93.2 cm³/mol. The molecule has 3 rings (SSSR count). The Morgan fingerprint density at radius 1 is 1.17 bits per heavy atom. The molecule has 2 heterocycles. The average molecular weight is 309 g/mol. The van der Waals surface area contributed by atoms with Crippen LogP contribution in [0.3, 0.4) is 0 Å². The van der Waals surface area contributed by atoms with Gasteiger partial charge in [-0.15, -0.1) is 0 Å². The maximum atomic E-state index is 9.82. The van der Waals surface area contributed by atoms with E-state index in [1.807, 2.05) is 24.3 Å². The average Bonchev–Trinajstić information content (AvgIpc) is 2.57. The van der Waals surface area contributed by atoms with E-state index in [-0.39, 0.29) is 5.75 Å². The third-order valence-electron chi connectivity index (χ3n) is 3.60. The van der Waals surface area contributed by atoms with E-state index in [1.54, 1.807) is 18.3 Å². The lowest BCUT2D eigenvalue weighted by Gasteiger charge is -2.11. The minimum absolute atomic E-state index is 0.0445. The highest BCUT2D eigenvalue weighted by atomic mass is 16.3. The molecular weight excluding hydrogens is 290 g/mol. The molecule has 0 unspecified atom stereocenters. The standard InChI is InChI=1S/C17H19N5O/c18-6-2-8-21-17-12-3-1-7-20-15(12)10-14(22-17)11-4-5-13(19)16(23)9-11/h1,3-5,7,9-10,23H,2,6,8,18-19H2,(H,21,22). The molecule has 0 fully saturated rings. The van der Waals surface area contributed by atoms with Crippen molar-refractivity contribution in [3.8, 4) is 17.0 Å². The Morgan fingerprint density at radius 3 is 2.83 bits per heavy atom. The number of hydrogen-bond acceptors (Lipinski definition) is 6. The molecule has 0 bridgehead atoms. The van der Waals surface area contributed by atoms with Crippen molar-refractivity contribution in [1.29, 1.82) is 0 Å². The maximum absolute atomic E-state index is 9.82. The van der Waals surface area contributed by atoms with Crippen LogP contribution in [0.4, 0.5) is 11.5 Å². The molecule has 3 aromatic rings. The van der Waals surface area contributed by atoms with Crippen molar-refractivity contribution < 1.29 is 5.11 Å². The van der Waals surface area contributed by atoms with Crippen molar-refractivity contribution in [1.82, 2.24) is 9.97 Å². The van der Waals surface area contributed by atoms with E-state index in [0.717, 1.165) is 40.9 Å². The summed E-state index contributed by atoms with van der Waals surface area (Å²) in [4.78, 5) is 9.07. The highest BCUT2D eigenvalue weighted by molar-refractivity contribution is 5.92. The Hall–Kier alpha value is -2.86. The minimum Gasteiger partial charge on any atom is -0.506 e. The first-order chi connectivity index (χ1) is 11.2. The molecule has 118 valence electrons. The number of rotatable bonds is 5. The second kappa shape index (κ2) is 6.50. The summed E-state index contributed by atoms with van der Waals surface area (Å²) in [6.07, 6.45) is 2.60. The summed E-state index contributed by atoms with van der Waals surface area (Å²) in [5.41, 5.74) is 13.9. The highest BCUT2D eigenvalue weighted by Crippen LogP contribution is 2.30. The molecule has 6 N–H and O–H groups in total. The molecule has 0 saturated heterocycles. The molecule has 0 atom stereocenters. The van der Waals surface area contributed by atoms with Crippen molar-refractivity contribution in [2.24, 2.45) is 5.73 Å². The molecule has 1 aromatic carbocycles. The molecular formula is C17H19N5O. The fraction of sp³-hybridized carbons (Fsp3) is 0.176. The van der Waals surface area contributed by atoms with Crippen molar-refractivity contribution >= 4 is 22.4 Å². The number of nitrogens with one attached hydrogen (secondary N) is 1. The van der Waals surface area contributed by atoms with Gasteiger partial charge in [0.05, 0.1) is 16.9 Å². The van der Waals surface area contributed by atoms with Gasteiger partial charge in [0.25, 0.3) is 0 Å². The third-order valence-corrected chi connectivity index (χ3v) is 3.60. The molecule has 0 amide bonds. The summed E-state index contributed by atoms with van der Waals surface area (Å²) >= 11 is 0. The fourth-order valence-corrected chi connectivity index (χ4v) is 2.37. The summed E-state index contributed by atoms with van der Waals surface area (Å²) in [7, 11) is 0. The SMILES string of the molecule is NCCCNc1nc(-c2ccc(N)c(O)c2)cc2ncccc12. The van der Waals surface area contributed by atoms with Gasteiger partial charge in [-0.2, -0.15) is 0 Å². The Balaban J connectivity index is 2.08. The number of pyridine rings is 2. The number of fused-ring (bicyclic) bond motifs is 1. The van der Waals surface area contributed by atoms with Crippen LogP contribution in [-0.4, -0.2) is 28.2 Å². The smallest absolute Gasteiger partial charge is 0.139 e. The van der Waals surface area contributed by atoms with Gasteiger partial charge in [-0.3, -0.25) is 4.98 Å². The van der Waals surface area contributed by atoms with E-state index >= 15 is 0 Å². The summed E-state index contributed by atoms with van der Waals surface area (Å²) in [6.45, 7) is 1.36. The number of nitrogens with zero attached hydrogens (tertiary/aromatic N) is 2. The monoisotopic (exact) mass is 309 g/mol. The van der Waals surface area contributed by atoms with E-state index in [4.69, 9.17) is 11.5 Å². The van der Waals surface area contributed by atoms with Crippen molar-refractivity contribution in [3.05, 3.63) is 42.6 Å². The van der Waals surface area contributed by atoms with Gasteiger partial charge in [0, 0.05) is 23.7 Å². The number of phenolic OH excluding ortho intramolecular Hbond substituents is 1. The topological polar surface area (TPSA) is 110 Å². The number of hydrogen-bond donors (Lipinski definition) is 4. The molecule has 0 saturated carbocycles. The normalized spacial score (nSPS) is 10.8. The number of nitrogen functional groups attached to an aromatic ring is 1. The molecule has 0 radical (unpaired) electrons. The molecule has 0 aliphatic carbocycles.